The van der Waals surface area contributed by atoms with Gasteiger partial charge in [-0.3, -0.25) is 14.7 Å². The van der Waals surface area contributed by atoms with Crippen molar-refractivity contribution in [3.05, 3.63) is 59.5 Å². The number of nitrogens with zero attached hydrogens (tertiary/aromatic N) is 2. The highest BCUT2D eigenvalue weighted by atomic mass is 127. The van der Waals surface area contributed by atoms with E-state index in [9.17, 15) is 4.79 Å². The highest BCUT2D eigenvalue weighted by Gasteiger charge is 2.24. The van der Waals surface area contributed by atoms with Gasteiger partial charge in [-0.05, 0) is 69.1 Å². The fraction of sp³-hybridized carbons (Fsp3) is 0.520. The van der Waals surface area contributed by atoms with Gasteiger partial charge >= 0.3 is 0 Å². The Labute approximate surface area is 214 Å². The molecule has 7 nitrogen and oxygen atoms in total. The van der Waals surface area contributed by atoms with Crippen molar-refractivity contribution in [3.8, 4) is 0 Å². The van der Waals surface area contributed by atoms with Crippen LogP contribution in [0.15, 0.2) is 52.1 Å². The second kappa shape index (κ2) is 14.2. The Hall–Kier alpha value is -2.07. The first-order valence-corrected chi connectivity index (χ1v) is 11.7. The van der Waals surface area contributed by atoms with Crippen LogP contribution in [-0.2, 0) is 6.54 Å². The van der Waals surface area contributed by atoms with Crippen molar-refractivity contribution in [2.24, 2.45) is 4.99 Å². The summed E-state index contributed by atoms with van der Waals surface area (Å²) in [5.74, 6) is 1.70. The number of aliphatic imine (C=N–C) groups is 1. The number of nitrogens with one attached hydrogen (secondary N) is 3. The molecule has 1 saturated heterocycles. The Kier molecular flexibility index (Phi) is 11.7. The number of amides is 1. The predicted molar refractivity (Wildman–Crippen MR) is 144 cm³/mol. The van der Waals surface area contributed by atoms with Gasteiger partial charge in [0.05, 0.1) is 12.3 Å². The summed E-state index contributed by atoms with van der Waals surface area (Å²) in [6.07, 6.45) is 6.42. The van der Waals surface area contributed by atoms with E-state index in [1.54, 1.807) is 13.3 Å². The molecule has 2 heterocycles. The van der Waals surface area contributed by atoms with Gasteiger partial charge in [-0.25, -0.2) is 0 Å². The zero-order valence-electron chi connectivity index (χ0n) is 20.0. The van der Waals surface area contributed by atoms with Gasteiger partial charge in [-0.15, -0.1) is 24.0 Å². The molecule has 1 aliphatic heterocycles. The van der Waals surface area contributed by atoms with Crippen LogP contribution in [-0.4, -0.2) is 49.5 Å². The molecule has 8 heteroatoms. The fourth-order valence-corrected chi connectivity index (χ4v) is 3.90. The molecular weight excluding hydrogens is 529 g/mol. The third-order valence-electron chi connectivity index (χ3n) is 6.06. The zero-order chi connectivity index (χ0) is 22.8. The number of furan rings is 1. The molecule has 3 N–H and O–H groups in total. The summed E-state index contributed by atoms with van der Waals surface area (Å²) in [6, 6.07) is 12.1. The molecule has 2 aromatic rings. The van der Waals surface area contributed by atoms with E-state index in [4.69, 9.17) is 4.42 Å². The normalized spacial score (nSPS) is 16.4. The fourth-order valence-electron chi connectivity index (χ4n) is 3.90. The lowest BCUT2D eigenvalue weighted by Gasteiger charge is -2.33. The number of halogens is 1. The van der Waals surface area contributed by atoms with E-state index < -0.39 is 0 Å². The molecule has 3 rings (SSSR count). The smallest absolute Gasteiger partial charge is 0.251 e. The molecule has 0 radical (unpaired) electrons. The highest BCUT2D eigenvalue weighted by molar-refractivity contribution is 14.0. The van der Waals surface area contributed by atoms with Crippen LogP contribution in [0.25, 0.3) is 0 Å². The molecule has 1 aromatic heterocycles. The number of piperidine rings is 1. The second-order valence-electron chi connectivity index (χ2n) is 8.41. The molecule has 2 unspecified atom stereocenters. The van der Waals surface area contributed by atoms with Crippen molar-refractivity contribution in [3.63, 3.8) is 0 Å². The van der Waals surface area contributed by atoms with Crippen molar-refractivity contribution in [2.75, 3.05) is 26.7 Å². The standard InChI is InChI=1S/C25H37N5O2.HI/c1-4-19(2)29-24(31)21-12-10-20(11-13-21)17-27-25(26-3)28-18-22(23-9-8-16-32-23)30-14-6-5-7-15-30;/h8-13,16,19,22H,4-7,14-15,17-18H2,1-3H3,(H,29,31)(H2,26,27,28);1H. The highest BCUT2D eigenvalue weighted by Crippen LogP contribution is 2.24. The monoisotopic (exact) mass is 567 g/mol. The van der Waals surface area contributed by atoms with Crippen LogP contribution < -0.4 is 16.0 Å². The largest absolute Gasteiger partial charge is 0.468 e. The summed E-state index contributed by atoms with van der Waals surface area (Å²) in [4.78, 5) is 19.1. The third-order valence-corrected chi connectivity index (χ3v) is 6.06. The van der Waals surface area contributed by atoms with Crippen LogP contribution in [0.3, 0.4) is 0 Å². The first-order valence-electron chi connectivity index (χ1n) is 11.7. The van der Waals surface area contributed by atoms with E-state index in [2.05, 4.69) is 38.8 Å². The average molecular weight is 568 g/mol. The summed E-state index contributed by atoms with van der Waals surface area (Å²) < 4.78 is 5.73. The van der Waals surface area contributed by atoms with E-state index in [-0.39, 0.29) is 42.0 Å². The van der Waals surface area contributed by atoms with E-state index in [0.29, 0.717) is 12.1 Å². The van der Waals surface area contributed by atoms with Crippen molar-refractivity contribution in [2.45, 2.75) is 58.2 Å². The first kappa shape index (κ1) is 27.2. The first-order chi connectivity index (χ1) is 15.6. The number of benzene rings is 1. The molecule has 0 bridgehead atoms. The van der Waals surface area contributed by atoms with Crippen molar-refractivity contribution < 1.29 is 9.21 Å². The minimum absolute atomic E-state index is 0. The van der Waals surface area contributed by atoms with Gasteiger partial charge in [0.25, 0.3) is 5.91 Å². The number of carbonyl (C=O) groups is 1. The molecule has 33 heavy (non-hydrogen) atoms. The van der Waals surface area contributed by atoms with Crippen LogP contribution in [0.2, 0.25) is 0 Å². The maximum Gasteiger partial charge on any atom is 0.251 e. The van der Waals surface area contributed by atoms with Gasteiger partial charge in [0.1, 0.15) is 5.76 Å². The minimum Gasteiger partial charge on any atom is -0.468 e. The lowest BCUT2D eigenvalue weighted by molar-refractivity contribution is 0.0939. The summed E-state index contributed by atoms with van der Waals surface area (Å²) in [5, 5.41) is 9.82. The van der Waals surface area contributed by atoms with Gasteiger partial charge in [0.2, 0.25) is 0 Å². The molecule has 1 aliphatic rings. The Morgan fingerprint density at radius 3 is 2.45 bits per heavy atom. The topological polar surface area (TPSA) is 81.9 Å². The Balaban J connectivity index is 0.00000385. The number of rotatable bonds is 9. The second-order valence-corrected chi connectivity index (χ2v) is 8.41. The van der Waals surface area contributed by atoms with E-state index in [1.807, 2.05) is 37.3 Å². The third kappa shape index (κ3) is 8.33. The van der Waals surface area contributed by atoms with Crippen molar-refractivity contribution in [1.82, 2.24) is 20.9 Å². The van der Waals surface area contributed by atoms with Gasteiger partial charge in [-0.2, -0.15) is 0 Å². The Morgan fingerprint density at radius 2 is 1.85 bits per heavy atom. The molecule has 0 spiro atoms. The van der Waals surface area contributed by atoms with E-state index >= 15 is 0 Å². The molecule has 0 aliphatic carbocycles. The minimum atomic E-state index is -0.0296. The Morgan fingerprint density at radius 1 is 1.12 bits per heavy atom. The maximum absolute atomic E-state index is 12.2. The number of guanidine groups is 1. The quantitative estimate of drug-likeness (QED) is 0.239. The molecule has 1 fully saturated rings. The SMILES string of the molecule is CCC(C)NC(=O)c1ccc(CNC(=NC)NCC(c2ccco2)N2CCCCC2)cc1.I. The lowest BCUT2D eigenvalue weighted by Crippen LogP contribution is -2.44. The van der Waals surface area contributed by atoms with Crippen LogP contribution in [0.5, 0.6) is 0 Å². The number of hydrogen-bond acceptors (Lipinski definition) is 4. The van der Waals surface area contributed by atoms with E-state index in [0.717, 1.165) is 43.3 Å². The molecule has 1 aromatic carbocycles. The Bertz CT molecular complexity index is 848. The van der Waals surface area contributed by atoms with Gasteiger partial charge < -0.3 is 20.4 Å². The maximum atomic E-state index is 12.2. The summed E-state index contributed by atoms with van der Waals surface area (Å²) >= 11 is 0. The zero-order valence-corrected chi connectivity index (χ0v) is 22.3. The van der Waals surface area contributed by atoms with Gasteiger partial charge in [0, 0.05) is 31.7 Å². The molecule has 182 valence electrons. The summed E-state index contributed by atoms with van der Waals surface area (Å²) in [5.41, 5.74) is 1.77. The van der Waals surface area contributed by atoms with Gasteiger partial charge in [-0.1, -0.05) is 25.5 Å². The molecular formula is C25H38IN5O2. The lowest BCUT2D eigenvalue weighted by atomic mass is 10.1. The average Bonchev–Trinajstić information content (AvgIpc) is 3.36. The van der Waals surface area contributed by atoms with Crippen LogP contribution in [0.1, 0.15) is 67.3 Å². The summed E-state index contributed by atoms with van der Waals surface area (Å²) in [7, 11) is 1.78. The van der Waals surface area contributed by atoms with Crippen LogP contribution in [0, 0.1) is 0 Å². The summed E-state index contributed by atoms with van der Waals surface area (Å²) in [6.45, 7) is 7.61. The van der Waals surface area contributed by atoms with Crippen molar-refractivity contribution in [1.29, 1.82) is 0 Å². The van der Waals surface area contributed by atoms with E-state index in [1.165, 1.54) is 19.3 Å². The molecule has 2 atom stereocenters. The molecule has 0 saturated carbocycles. The predicted octanol–water partition coefficient (Wildman–Crippen LogP) is 4.32. The van der Waals surface area contributed by atoms with Crippen molar-refractivity contribution >= 4 is 35.8 Å². The van der Waals surface area contributed by atoms with Crippen LogP contribution >= 0.6 is 24.0 Å². The number of likely N-dealkylation sites (tertiary alicyclic amines) is 1. The van der Waals surface area contributed by atoms with Crippen LogP contribution in [0.4, 0.5) is 0 Å². The number of hydrogen-bond donors (Lipinski definition) is 3. The van der Waals surface area contributed by atoms with Gasteiger partial charge in [0.15, 0.2) is 5.96 Å². The number of carbonyl (C=O) groups excluding carboxylic acids is 1. The molecule has 1 amide bonds.